The highest BCUT2D eigenvalue weighted by Gasteiger charge is 2.35. The number of benzene rings is 1. The summed E-state index contributed by atoms with van der Waals surface area (Å²) in [5.74, 6) is 0.960. The lowest BCUT2D eigenvalue weighted by molar-refractivity contribution is 0.169. The normalized spacial score (nSPS) is 21.2. The lowest BCUT2D eigenvalue weighted by Crippen LogP contribution is -2.43. The van der Waals surface area contributed by atoms with Crippen LogP contribution in [0.15, 0.2) is 18.2 Å². The summed E-state index contributed by atoms with van der Waals surface area (Å²) in [7, 11) is 3.81. The van der Waals surface area contributed by atoms with Crippen LogP contribution in [-0.2, 0) is 6.42 Å². The predicted molar refractivity (Wildman–Crippen MR) is 84.4 cm³/mol. The van der Waals surface area contributed by atoms with E-state index in [0.29, 0.717) is 12.1 Å². The fourth-order valence-electron chi connectivity index (χ4n) is 3.43. The van der Waals surface area contributed by atoms with Gasteiger partial charge in [0.25, 0.3) is 0 Å². The van der Waals surface area contributed by atoms with Crippen molar-refractivity contribution in [3.8, 4) is 5.75 Å². The van der Waals surface area contributed by atoms with Gasteiger partial charge in [0, 0.05) is 12.1 Å². The Labute approximate surface area is 123 Å². The van der Waals surface area contributed by atoms with Gasteiger partial charge in [0.15, 0.2) is 0 Å². The van der Waals surface area contributed by atoms with Crippen molar-refractivity contribution in [1.82, 2.24) is 10.2 Å². The van der Waals surface area contributed by atoms with Crippen LogP contribution in [-0.4, -0.2) is 38.2 Å². The van der Waals surface area contributed by atoms with Crippen molar-refractivity contribution in [3.05, 3.63) is 29.3 Å². The number of nitrogens with one attached hydrogen (secondary N) is 1. The SMILES string of the molecule is CCCN(CCC)C1Cc2ccc(OC)cc2C1NC. The van der Waals surface area contributed by atoms with Crippen LogP contribution in [0.25, 0.3) is 0 Å². The Hall–Kier alpha value is -1.06. The molecule has 1 aliphatic rings. The van der Waals surface area contributed by atoms with E-state index in [9.17, 15) is 0 Å². The van der Waals surface area contributed by atoms with Crippen LogP contribution < -0.4 is 10.1 Å². The van der Waals surface area contributed by atoms with E-state index in [0.717, 1.165) is 12.2 Å². The summed E-state index contributed by atoms with van der Waals surface area (Å²) in [5, 5.41) is 3.52. The summed E-state index contributed by atoms with van der Waals surface area (Å²) in [5.41, 5.74) is 2.88. The molecule has 3 heteroatoms. The lowest BCUT2D eigenvalue weighted by Gasteiger charge is -2.32. The van der Waals surface area contributed by atoms with Gasteiger partial charge in [0.2, 0.25) is 0 Å². The lowest BCUT2D eigenvalue weighted by atomic mass is 10.1. The van der Waals surface area contributed by atoms with Crippen molar-refractivity contribution in [3.63, 3.8) is 0 Å². The van der Waals surface area contributed by atoms with Crippen LogP contribution in [0.2, 0.25) is 0 Å². The molecule has 0 heterocycles. The quantitative estimate of drug-likeness (QED) is 0.828. The number of hydrogen-bond acceptors (Lipinski definition) is 3. The molecule has 0 fully saturated rings. The second-order valence-corrected chi connectivity index (χ2v) is 5.64. The van der Waals surface area contributed by atoms with Gasteiger partial charge >= 0.3 is 0 Å². The van der Waals surface area contributed by atoms with Gasteiger partial charge < -0.3 is 10.1 Å². The van der Waals surface area contributed by atoms with Gasteiger partial charge in [-0.25, -0.2) is 0 Å². The number of methoxy groups -OCH3 is 1. The second-order valence-electron chi connectivity index (χ2n) is 5.64. The van der Waals surface area contributed by atoms with E-state index in [2.05, 4.69) is 49.3 Å². The zero-order valence-corrected chi connectivity index (χ0v) is 13.3. The maximum Gasteiger partial charge on any atom is 0.119 e. The zero-order valence-electron chi connectivity index (χ0n) is 13.3. The Balaban J connectivity index is 2.25. The Bertz CT molecular complexity index is 427. The molecule has 0 aromatic heterocycles. The largest absolute Gasteiger partial charge is 0.497 e. The summed E-state index contributed by atoms with van der Waals surface area (Å²) >= 11 is 0. The Kier molecular flexibility index (Phi) is 5.44. The number of likely N-dealkylation sites (N-methyl/N-ethyl adjacent to an activating group) is 1. The van der Waals surface area contributed by atoms with Gasteiger partial charge in [-0.1, -0.05) is 19.9 Å². The summed E-state index contributed by atoms with van der Waals surface area (Å²) in [4.78, 5) is 2.65. The topological polar surface area (TPSA) is 24.5 Å². The third-order valence-electron chi connectivity index (χ3n) is 4.30. The fraction of sp³-hybridized carbons (Fsp3) is 0.647. The van der Waals surface area contributed by atoms with Gasteiger partial charge in [-0.15, -0.1) is 0 Å². The van der Waals surface area contributed by atoms with Crippen molar-refractivity contribution in [1.29, 1.82) is 0 Å². The molecule has 3 nitrogen and oxygen atoms in total. The minimum atomic E-state index is 0.415. The fourth-order valence-corrected chi connectivity index (χ4v) is 3.43. The molecule has 112 valence electrons. The zero-order chi connectivity index (χ0) is 14.5. The molecule has 0 amide bonds. The van der Waals surface area contributed by atoms with E-state index in [-0.39, 0.29) is 0 Å². The van der Waals surface area contributed by atoms with Crippen LogP contribution in [0.1, 0.15) is 43.9 Å². The van der Waals surface area contributed by atoms with Crippen molar-refractivity contribution in [2.45, 2.75) is 45.2 Å². The van der Waals surface area contributed by atoms with Crippen molar-refractivity contribution < 1.29 is 4.74 Å². The molecule has 2 unspecified atom stereocenters. The second kappa shape index (κ2) is 7.09. The van der Waals surface area contributed by atoms with E-state index < -0.39 is 0 Å². The summed E-state index contributed by atoms with van der Waals surface area (Å²) in [6.45, 7) is 6.90. The van der Waals surface area contributed by atoms with E-state index in [4.69, 9.17) is 4.74 Å². The van der Waals surface area contributed by atoms with Crippen LogP contribution in [0.3, 0.4) is 0 Å². The molecule has 2 atom stereocenters. The minimum Gasteiger partial charge on any atom is -0.497 e. The number of fused-ring (bicyclic) bond motifs is 1. The van der Waals surface area contributed by atoms with E-state index in [1.807, 2.05) is 0 Å². The number of nitrogens with zero attached hydrogens (tertiary/aromatic N) is 1. The molecule has 0 radical (unpaired) electrons. The third kappa shape index (κ3) is 2.99. The van der Waals surface area contributed by atoms with E-state index in [1.165, 1.54) is 37.1 Å². The van der Waals surface area contributed by atoms with Gasteiger partial charge in [-0.2, -0.15) is 0 Å². The maximum atomic E-state index is 5.38. The maximum absolute atomic E-state index is 5.38. The highest BCUT2D eigenvalue weighted by Crippen LogP contribution is 2.36. The highest BCUT2D eigenvalue weighted by molar-refractivity contribution is 5.42. The molecule has 0 bridgehead atoms. The van der Waals surface area contributed by atoms with E-state index in [1.54, 1.807) is 7.11 Å². The molecular weight excluding hydrogens is 248 g/mol. The molecule has 20 heavy (non-hydrogen) atoms. The summed E-state index contributed by atoms with van der Waals surface area (Å²) < 4.78 is 5.38. The minimum absolute atomic E-state index is 0.415. The van der Waals surface area contributed by atoms with Crippen LogP contribution in [0.4, 0.5) is 0 Å². The summed E-state index contributed by atoms with van der Waals surface area (Å²) in [6, 6.07) is 7.50. The molecular formula is C17H28N2O. The number of ether oxygens (including phenoxy) is 1. The molecule has 2 rings (SSSR count). The van der Waals surface area contributed by atoms with Crippen LogP contribution in [0.5, 0.6) is 5.75 Å². The monoisotopic (exact) mass is 276 g/mol. The average molecular weight is 276 g/mol. The van der Waals surface area contributed by atoms with Crippen LogP contribution in [0, 0.1) is 0 Å². The predicted octanol–water partition coefficient (Wildman–Crippen LogP) is 3.00. The van der Waals surface area contributed by atoms with Gasteiger partial charge in [0.05, 0.1) is 7.11 Å². The molecule has 0 saturated carbocycles. The van der Waals surface area contributed by atoms with Gasteiger partial charge in [-0.3, -0.25) is 4.90 Å². The Morgan fingerprint density at radius 2 is 1.95 bits per heavy atom. The van der Waals surface area contributed by atoms with Crippen molar-refractivity contribution in [2.24, 2.45) is 0 Å². The van der Waals surface area contributed by atoms with Gasteiger partial charge in [-0.05, 0) is 62.7 Å². The summed E-state index contributed by atoms with van der Waals surface area (Å²) in [6.07, 6.45) is 3.57. The Morgan fingerprint density at radius 1 is 1.25 bits per heavy atom. The van der Waals surface area contributed by atoms with Crippen LogP contribution >= 0.6 is 0 Å². The smallest absolute Gasteiger partial charge is 0.119 e. The van der Waals surface area contributed by atoms with Crippen molar-refractivity contribution >= 4 is 0 Å². The number of hydrogen-bond donors (Lipinski definition) is 1. The molecule has 1 aliphatic carbocycles. The average Bonchev–Trinajstić information content (AvgIpc) is 2.84. The van der Waals surface area contributed by atoms with Gasteiger partial charge in [0.1, 0.15) is 5.75 Å². The molecule has 1 aromatic carbocycles. The molecule has 1 aromatic rings. The van der Waals surface area contributed by atoms with E-state index >= 15 is 0 Å². The molecule has 0 aliphatic heterocycles. The third-order valence-corrected chi connectivity index (χ3v) is 4.30. The standard InChI is InChI=1S/C17H28N2O/c1-5-9-19(10-6-2)16-11-13-7-8-14(20-4)12-15(13)17(16)18-3/h7-8,12,16-18H,5-6,9-11H2,1-4H3. The molecule has 1 N–H and O–H groups in total. The molecule has 0 saturated heterocycles. The number of rotatable bonds is 7. The molecule has 0 spiro atoms. The first-order valence-corrected chi connectivity index (χ1v) is 7.83. The highest BCUT2D eigenvalue weighted by atomic mass is 16.5. The first-order valence-electron chi connectivity index (χ1n) is 7.83. The first kappa shape index (κ1) is 15.3. The first-order chi connectivity index (χ1) is 9.74. The van der Waals surface area contributed by atoms with Crippen molar-refractivity contribution in [2.75, 3.05) is 27.2 Å². The Morgan fingerprint density at radius 3 is 2.50 bits per heavy atom.